The predicted molar refractivity (Wildman–Crippen MR) is 71.9 cm³/mol. The van der Waals surface area contributed by atoms with Crippen molar-refractivity contribution < 1.29 is 4.74 Å². The summed E-state index contributed by atoms with van der Waals surface area (Å²) in [4.78, 5) is 4.50. The van der Waals surface area contributed by atoms with Gasteiger partial charge in [0.15, 0.2) is 0 Å². The van der Waals surface area contributed by atoms with Gasteiger partial charge in [0.1, 0.15) is 5.75 Å². The Bertz CT molecular complexity index is 513. The minimum Gasteiger partial charge on any atom is -0.497 e. The van der Waals surface area contributed by atoms with Crippen LogP contribution in [0.2, 0.25) is 5.02 Å². The summed E-state index contributed by atoms with van der Waals surface area (Å²) < 4.78 is 5.11. The lowest BCUT2D eigenvalue weighted by atomic mass is 10.1. The molecule has 2 rings (SSSR count). The lowest BCUT2D eigenvalue weighted by Crippen LogP contribution is -2.01. The number of benzene rings is 1. The van der Waals surface area contributed by atoms with Gasteiger partial charge in [-0.1, -0.05) is 11.6 Å². The van der Waals surface area contributed by atoms with E-state index >= 15 is 0 Å². The molecule has 0 spiro atoms. The number of nitrogens with zero attached hydrogens (tertiary/aromatic N) is 1. The zero-order valence-electron chi connectivity index (χ0n) is 9.44. The van der Waals surface area contributed by atoms with Crippen LogP contribution in [0.5, 0.6) is 5.75 Å². The third-order valence-corrected chi connectivity index (χ3v) is 3.58. The molecule has 90 valence electrons. The lowest BCUT2D eigenvalue weighted by molar-refractivity contribution is 0.415. The topological polar surface area (TPSA) is 48.1 Å². The molecular weight excluding hydrogens is 256 g/mol. The minimum atomic E-state index is 0.614. The normalized spacial score (nSPS) is 10.5. The van der Waals surface area contributed by atoms with Crippen LogP contribution < -0.4 is 10.5 Å². The third kappa shape index (κ3) is 2.77. The second kappa shape index (κ2) is 5.49. The van der Waals surface area contributed by atoms with Crippen molar-refractivity contribution in [2.24, 2.45) is 5.73 Å². The molecular formula is C12H13ClN2OS. The molecule has 0 aliphatic heterocycles. The number of aromatic nitrogens is 1. The van der Waals surface area contributed by atoms with E-state index in [1.54, 1.807) is 24.5 Å². The Morgan fingerprint density at radius 1 is 1.47 bits per heavy atom. The van der Waals surface area contributed by atoms with Crippen LogP contribution in [-0.4, -0.2) is 18.6 Å². The number of halogens is 1. The van der Waals surface area contributed by atoms with Crippen LogP contribution in [0, 0.1) is 0 Å². The van der Waals surface area contributed by atoms with Crippen molar-refractivity contribution >= 4 is 22.9 Å². The summed E-state index contributed by atoms with van der Waals surface area (Å²) in [6.45, 7) is 0.614. The maximum atomic E-state index is 6.19. The van der Waals surface area contributed by atoms with Gasteiger partial charge in [-0.15, -0.1) is 11.3 Å². The highest BCUT2D eigenvalue weighted by atomic mass is 35.5. The SMILES string of the molecule is COc1ccc(-c2csc(CCN)n2)c(Cl)c1. The van der Waals surface area contributed by atoms with Crippen LogP contribution in [0.1, 0.15) is 5.01 Å². The van der Waals surface area contributed by atoms with E-state index in [1.807, 2.05) is 17.5 Å². The first kappa shape index (κ1) is 12.4. The second-order valence-corrected chi connectivity index (χ2v) is 4.86. The van der Waals surface area contributed by atoms with E-state index in [4.69, 9.17) is 22.1 Å². The number of hydrogen-bond donors (Lipinski definition) is 1. The van der Waals surface area contributed by atoms with E-state index in [0.717, 1.165) is 28.4 Å². The van der Waals surface area contributed by atoms with E-state index < -0.39 is 0 Å². The van der Waals surface area contributed by atoms with Gasteiger partial charge in [0, 0.05) is 17.4 Å². The number of methoxy groups -OCH3 is 1. The summed E-state index contributed by atoms with van der Waals surface area (Å²) in [5.74, 6) is 0.746. The van der Waals surface area contributed by atoms with E-state index in [0.29, 0.717) is 11.6 Å². The average Bonchev–Trinajstić information content (AvgIpc) is 2.78. The number of thiazole rings is 1. The predicted octanol–water partition coefficient (Wildman–Crippen LogP) is 2.97. The molecule has 1 heterocycles. The van der Waals surface area contributed by atoms with Gasteiger partial charge < -0.3 is 10.5 Å². The van der Waals surface area contributed by atoms with Gasteiger partial charge in [-0.25, -0.2) is 4.98 Å². The zero-order valence-corrected chi connectivity index (χ0v) is 11.0. The Hall–Kier alpha value is -1.10. The summed E-state index contributed by atoms with van der Waals surface area (Å²) >= 11 is 7.80. The first-order chi connectivity index (χ1) is 8.24. The lowest BCUT2D eigenvalue weighted by Gasteiger charge is -2.04. The molecule has 5 heteroatoms. The van der Waals surface area contributed by atoms with Crippen LogP contribution in [0.4, 0.5) is 0 Å². The fourth-order valence-corrected chi connectivity index (χ4v) is 2.58. The summed E-state index contributed by atoms with van der Waals surface area (Å²) in [7, 11) is 1.62. The van der Waals surface area contributed by atoms with Gasteiger partial charge in [-0.3, -0.25) is 0 Å². The smallest absolute Gasteiger partial charge is 0.120 e. The van der Waals surface area contributed by atoms with Crippen LogP contribution in [0.15, 0.2) is 23.6 Å². The molecule has 2 aromatic rings. The van der Waals surface area contributed by atoms with Crippen LogP contribution >= 0.6 is 22.9 Å². The first-order valence-electron chi connectivity index (χ1n) is 5.23. The monoisotopic (exact) mass is 268 g/mol. The molecule has 1 aromatic carbocycles. The van der Waals surface area contributed by atoms with Crippen LogP contribution in [0.3, 0.4) is 0 Å². The third-order valence-electron chi connectivity index (χ3n) is 2.36. The van der Waals surface area contributed by atoms with Crippen molar-refractivity contribution in [3.63, 3.8) is 0 Å². The van der Waals surface area contributed by atoms with Crippen LogP contribution in [0.25, 0.3) is 11.3 Å². The molecule has 0 radical (unpaired) electrons. The van der Waals surface area contributed by atoms with E-state index in [1.165, 1.54) is 0 Å². The van der Waals surface area contributed by atoms with Gasteiger partial charge in [0.25, 0.3) is 0 Å². The molecule has 0 saturated carbocycles. The highest BCUT2D eigenvalue weighted by molar-refractivity contribution is 7.09. The Morgan fingerprint density at radius 3 is 2.94 bits per heavy atom. The maximum Gasteiger partial charge on any atom is 0.120 e. The van der Waals surface area contributed by atoms with Gasteiger partial charge in [0.2, 0.25) is 0 Å². The molecule has 0 bridgehead atoms. The largest absolute Gasteiger partial charge is 0.497 e. The molecule has 0 atom stereocenters. The van der Waals surface area contributed by atoms with Crippen molar-refractivity contribution in [3.8, 4) is 17.0 Å². The Balaban J connectivity index is 2.32. The van der Waals surface area contributed by atoms with Crippen molar-refractivity contribution in [1.82, 2.24) is 4.98 Å². The number of ether oxygens (including phenoxy) is 1. The Morgan fingerprint density at radius 2 is 2.29 bits per heavy atom. The number of hydrogen-bond acceptors (Lipinski definition) is 4. The highest BCUT2D eigenvalue weighted by Crippen LogP contribution is 2.31. The molecule has 0 aliphatic rings. The van der Waals surface area contributed by atoms with E-state index in [9.17, 15) is 0 Å². The molecule has 0 saturated heterocycles. The van der Waals surface area contributed by atoms with Crippen molar-refractivity contribution in [2.45, 2.75) is 6.42 Å². The molecule has 0 amide bonds. The summed E-state index contributed by atoms with van der Waals surface area (Å²) in [6, 6.07) is 5.59. The number of nitrogens with two attached hydrogens (primary N) is 1. The van der Waals surface area contributed by atoms with Crippen LogP contribution in [-0.2, 0) is 6.42 Å². The minimum absolute atomic E-state index is 0.614. The summed E-state index contributed by atoms with van der Waals surface area (Å²) in [6.07, 6.45) is 0.804. The van der Waals surface area contributed by atoms with Crippen molar-refractivity contribution in [1.29, 1.82) is 0 Å². The second-order valence-electron chi connectivity index (χ2n) is 3.51. The van der Waals surface area contributed by atoms with Gasteiger partial charge in [0.05, 0.1) is 22.8 Å². The van der Waals surface area contributed by atoms with Crippen molar-refractivity contribution in [2.75, 3.05) is 13.7 Å². The van der Waals surface area contributed by atoms with Gasteiger partial charge in [-0.05, 0) is 24.7 Å². The molecule has 0 unspecified atom stereocenters. The zero-order chi connectivity index (χ0) is 12.3. The molecule has 1 aromatic heterocycles. The Labute approximate surface area is 109 Å². The molecule has 2 N–H and O–H groups in total. The summed E-state index contributed by atoms with van der Waals surface area (Å²) in [5, 5.41) is 3.68. The number of rotatable bonds is 4. The maximum absolute atomic E-state index is 6.19. The Kier molecular flexibility index (Phi) is 3.99. The van der Waals surface area contributed by atoms with Crippen molar-refractivity contribution in [3.05, 3.63) is 33.6 Å². The van der Waals surface area contributed by atoms with Gasteiger partial charge in [-0.2, -0.15) is 0 Å². The highest BCUT2D eigenvalue weighted by Gasteiger charge is 2.08. The molecule has 0 fully saturated rings. The average molecular weight is 269 g/mol. The fourth-order valence-electron chi connectivity index (χ4n) is 1.50. The first-order valence-corrected chi connectivity index (χ1v) is 6.48. The molecule has 0 aliphatic carbocycles. The summed E-state index contributed by atoms with van der Waals surface area (Å²) in [5.41, 5.74) is 7.32. The standard InChI is InChI=1S/C12H13ClN2OS/c1-16-8-2-3-9(10(13)6-8)11-7-17-12(15-11)4-5-14/h2-3,6-7H,4-5,14H2,1H3. The fraction of sp³-hybridized carbons (Fsp3) is 0.250. The molecule has 3 nitrogen and oxygen atoms in total. The van der Waals surface area contributed by atoms with Gasteiger partial charge >= 0.3 is 0 Å². The van der Waals surface area contributed by atoms with E-state index in [-0.39, 0.29) is 0 Å². The quantitative estimate of drug-likeness (QED) is 0.927. The molecule has 17 heavy (non-hydrogen) atoms. The van der Waals surface area contributed by atoms with E-state index in [2.05, 4.69) is 4.98 Å².